The van der Waals surface area contributed by atoms with Crippen LogP contribution in [-0.4, -0.2) is 63.8 Å². The number of amides is 1. The fourth-order valence-corrected chi connectivity index (χ4v) is 5.17. The van der Waals surface area contributed by atoms with Gasteiger partial charge in [-0.2, -0.15) is 8.42 Å². The third kappa shape index (κ3) is 3.93. The van der Waals surface area contributed by atoms with E-state index in [9.17, 15) is 17.8 Å². The standard InChI is InChI=1S/C21H25N3O6S/c1-15-20(25)24(18-5-3-4-6-19(18)29-2)21(31(26,27)28)23(15)17-9-7-16(8-10-17)22-11-13-30-14-12-22/h3-10,15,21H,11-14H2,1-2H3,(H,26,27,28). The minimum absolute atomic E-state index is 0.275. The molecule has 2 unspecified atom stereocenters. The lowest BCUT2D eigenvalue weighted by molar-refractivity contribution is -0.117. The number of hydrogen-bond donors (Lipinski definition) is 1. The smallest absolute Gasteiger partial charge is 0.306 e. The monoisotopic (exact) mass is 447 g/mol. The van der Waals surface area contributed by atoms with Crippen molar-refractivity contribution in [3.05, 3.63) is 48.5 Å². The van der Waals surface area contributed by atoms with Gasteiger partial charge in [-0.25, -0.2) is 0 Å². The number of morpholine rings is 1. The molecule has 9 nitrogen and oxygen atoms in total. The fraction of sp³-hybridized carbons (Fsp3) is 0.381. The summed E-state index contributed by atoms with van der Waals surface area (Å²) in [6.07, 6.45) is 0. The Morgan fingerprint density at radius 1 is 1.03 bits per heavy atom. The number of nitrogens with zero attached hydrogens (tertiary/aromatic N) is 3. The summed E-state index contributed by atoms with van der Waals surface area (Å²) in [4.78, 5) is 17.8. The van der Waals surface area contributed by atoms with Crippen molar-refractivity contribution in [1.29, 1.82) is 0 Å². The van der Waals surface area contributed by atoms with E-state index in [1.165, 1.54) is 12.0 Å². The molecule has 2 aliphatic heterocycles. The molecule has 0 saturated carbocycles. The highest BCUT2D eigenvalue weighted by Gasteiger charge is 2.51. The number of carbonyl (C=O) groups excluding carboxylic acids is 1. The van der Waals surface area contributed by atoms with Gasteiger partial charge >= 0.3 is 10.1 Å². The maximum Gasteiger partial charge on any atom is 0.306 e. The predicted octanol–water partition coefficient (Wildman–Crippen LogP) is 1.94. The number of rotatable bonds is 5. The van der Waals surface area contributed by atoms with Gasteiger partial charge in [0.05, 0.1) is 26.0 Å². The first-order chi connectivity index (χ1) is 14.8. The molecule has 166 valence electrons. The summed E-state index contributed by atoms with van der Waals surface area (Å²) in [7, 11) is -3.23. The fourth-order valence-electron chi connectivity index (χ4n) is 4.10. The first-order valence-corrected chi connectivity index (χ1v) is 11.5. The van der Waals surface area contributed by atoms with Gasteiger partial charge in [-0.05, 0) is 43.3 Å². The summed E-state index contributed by atoms with van der Waals surface area (Å²) in [5.41, 5.74) is 0.158. The summed E-state index contributed by atoms with van der Waals surface area (Å²) in [6, 6.07) is 13.1. The minimum atomic E-state index is -4.67. The molecule has 0 radical (unpaired) electrons. The molecule has 0 aromatic heterocycles. The molecule has 1 amide bonds. The zero-order valence-electron chi connectivity index (χ0n) is 17.3. The quantitative estimate of drug-likeness (QED) is 0.695. The first-order valence-electron chi connectivity index (χ1n) is 9.96. The molecule has 10 heteroatoms. The molecule has 2 fully saturated rings. The lowest BCUT2D eigenvalue weighted by atomic mass is 10.2. The van der Waals surface area contributed by atoms with Gasteiger partial charge in [0.2, 0.25) is 5.50 Å². The molecule has 31 heavy (non-hydrogen) atoms. The Labute approximate surface area is 181 Å². The van der Waals surface area contributed by atoms with Crippen molar-refractivity contribution in [3.8, 4) is 5.75 Å². The SMILES string of the molecule is COc1ccccc1N1C(=O)C(C)N(c2ccc(N3CCOCC3)cc2)C1S(=O)(=O)O. The first kappa shape index (κ1) is 21.4. The lowest BCUT2D eigenvalue weighted by Gasteiger charge is -2.32. The summed E-state index contributed by atoms with van der Waals surface area (Å²) < 4.78 is 45.7. The van der Waals surface area contributed by atoms with E-state index in [1.807, 2.05) is 12.1 Å². The summed E-state index contributed by atoms with van der Waals surface area (Å²) in [5, 5.41) is 0. The zero-order chi connectivity index (χ0) is 22.2. The predicted molar refractivity (Wildman–Crippen MR) is 117 cm³/mol. The van der Waals surface area contributed by atoms with Crippen LogP contribution in [0.2, 0.25) is 0 Å². The molecule has 2 aromatic carbocycles. The second-order valence-electron chi connectivity index (χ2n) is 7.42. The van der Waals surface area contributed by atoms with E-state index in [0.29, 0.717) is 24.7 Å². The Bertz CT molecular complexity index is 1050. The van der Waals surface area contributed by atoms with Crippen LogP contribution in [-0.2, 0) is 19.6 Å². The molecule has 2 aromatic rings. The van der Waals surface area contributed by atoms with Gasteiger partial charge in [0.1, 0.15) is 11.8 Å². The van der Waals surface area contributed by atoms with Crippen molar-refractivity contribution in [2.75, 3.05) is 48.1 Å². The third-order valence-corrected chi connectivity index (χ3v) is 6.58. The van der Waals surface area contributed by atoms with Crippen molar-refractivity contribution in [3.63, 3.8) is 0 Å². The van der Waals surface area contributed by atoms with Gasteiger partial charge in [-0.15, -0.1) is 0 Å². The molecule has 0 bridgehead atoms. The molecule has 2 saturated heterocycles. The molecule has 0 aliphatic carbocycles. The maximum absolute atomic E-state index is 13.2. The van der Waals surface area contributed by atoms with E-state index in [4.69, 9.17) is 9.47 Å². The van der Waals surface area contributed by atoms with Crippen LogP contribution in [0.5, 0.6) is 5.75 Å². The number of carbonyl (C=O) groups is 1. The Hall–Kier alpha value is -2.82. The van der Waals surface area contributed by atoms with Crippen molar-refractivity contribution < 1.29 is 27.2 Å². The molecule has 2 aliphatic rings. The van der Waals surface area contributed by atoms with Crippen molar-refractivity contribution >= 4 is 33.1 Å². The highest BCUT2D eigenvalue weighted by Crippen LogP contribution is 2.39. The van der Waals surface area contributed by atoms with Crippen LogP contribution in [0.15, 0.2) is 48.5 Å². The van der Waals surface area contributed by atoms with Gasteiger partial charge in [0.25, 0.3) is 5.91 Å². The van der Waals surface area contributed by atoms with Crippen LogP contribution in [0.3, 0.4) is 0 Å². The Balaban J connectivity index is 1.74. The average molecular weight is 448 g/mol. The van der Waals surface area contributed by atoms with Gasteiger partial charge in [0, 0.05) is 24.5 Å². The Morgan fingerprint density at radius 2 is 1.65 bits per heavy atom. The van der Waals surface area contributed by atoms with Crippen molar-refractivity contribution in [2.24, 2.45) is 0 Å². The summed E-state index contributed by atoms with van der Waals surface area (Å²) in [6.45, 7) is 4.46. The normalized spacial score (nSPS) is 22.2. The molecule has 2 atom stereocenters. The lowest BCUT2D eigenvalue weighted by Crippen LogP contribution is -2.46. The highest BCUT2D eigenvalue weighted by molar-refractivity contribution is 7.86. The number of para-hydroxylation sites is 2. The second-order valence-corrected chi connectivity index (χ2v) is 8.87. The van der Waals surface area contributed by atoms with E-state index < -0.39 is 27.6 Å². The van der Waals surface area contributed by atoms with Crippen LogP contribution < -0.4 is 19.4 Å². The molecular weight excluding hydrogens is 422 g/mol. The number of benzene rings is 2. The second kappa shape index (κ2) is 8.37. The number of ether oxygens (including phenoxy) is 2. The van der Waals surface area contributed by atoms with Gasteiger partial charge in [0.15, 0.2) is 0 Å². The minimum Gasteiger partial charge on any atom is -0.495 e. The van der Waals surface area contributed by atoms with Crippen molar-refractivity contribution in [2.45, 2.75) is 18.5 Å². The molecule has 2 heterocycles. The van der Waals surface area contributed by atoms with Crippen LogP contribution in [0.1, 0.15) is 6.92 Å². The third-order valence-electron chi connectivity index (χ3n) is 5.61. The largest absolute Gasteiger partial charge is 0.495 e. The Morgan fingerprint density at radius 3 is 2.26 bits per heavy atom. The van der Waals surface area contributed by atoms with Crippen LogP contribution in [0.25, 0.3) is 0 Å². The summed E-state index contributed by atoms with van der Waals surface area (Å²) >= 11 is 0. The molecular formula is C21H25N3O6S. The van der Waals surface area contributed by atoms with Crippen LogP contribution in [0, 0.1) is 0 Å². The number of anilines is 3. The maximum atomic E-state index is 13.2. The van der Waals surface area contributed by atoms with E-state index in [1.54, 1.807) is 43.3 Å². The average Bonchev–Trinajstić information content (AvgIpc) is 3.05. The van der Waals surface area contributed by atoms with E-state index in [0.717, 1.165) is 23.7 Å². The van der Waals surface area contributed by atoms with Gasteiger partial charge < -0.3 is 19.3 Å². The van der Waals surface area contributed by atoms with Crippen LogP contribution in [0.4, 0.5) is 17.1 Å². The Kier molecular flexibility index (Phi) is 5.78. The van der Waals surface area contributed by atoms with Gasteiger partial charge in [-0.3, -0.25) is 14.2 Å². The van der Waals surface area contributed by atoms with Crippen LogP contribution >= 0.6 is 0 Å². The highest BCUT2D eigenvalue weighted by atomic mass is 32.2. The van der Waals surface area contributed by atoms with Gasteiger partial charge in [-0.1, -0.05) is 12.1 Å². The van der Waals surface area contributed by atoms with Crippen molar-refractivity contribution in [1.82, 2.24) is 0 Å². The number of methoxy groups -OCH3 is 1. The number of hydrogen-bond acceptors (Lipinski definition) is 7. The van der Waals surface area contributed by atoms with E-state index in [-0.39, 0.29) is 5.69 Å². The molecule has 4 rings (SSSR count). The van der Waals surface area contributed by atoms with E-state index >= 15 is 0 Å². The zero-order valence-corrected chi connectivity index (χ0v) is 18.2. The molecule has 0 spiro atoms. The summed E-state index contributed by atoms with van der Waals surface area (Å²) in [5.74, 6) is -0.120. The topological polar surface area (TPSA) is 99.6 Å². The molecule has 1 N–H and O–H groups in total. The van der Waals surface area contributed by atoms with E-state index in [2.05, 4.69) is 4.90 Å².